The fourth-order valence-corrected chi connectivity index (χ4v) is 10.9. The molecular weight excluding hydrogens is 749 g/mol. The van der Waals surface area contributed by atoms with Crippen LogP contribution in [-0.2, 0) is 12.5 Å². The van der Waals surface area contributed by atoms with E-state index in [0.29, 0.717) is 0 Å². The average molecular weight is 803 g/mol. The van der Waals surface area contributed by atoms with Crippen molar-refractivity contribution in [2.45, 2.75) is 58.3 Å². The molecule has 0 fully saturated rings. The quantitative estimate of drug-likeness (QED) is 0.112. The molecule has 0 bridgehead atoms. The lowest BCUT2D eigenvalue weighted by Crippen LogP contribution is -2.25. The van der Waals surface area contributed by atoms with E-state index >= 15 is 0 Å². The maximum atomic E-state index is 4.23. The molecule has 0 radical (unpaired) electrons. The molecule has 10 rings (SSSR count). The summed E-state index contributed by atoms with van der Waals surface area (Å²) in [6, 6.07) is 63.7. The highest BCUT2D eigenvalue weighted by atomic mass is 15.1. The van der Waals surface area contributed by atoms with E-state index < -0.39 is 0 Å². The van der Waals surface area contributed by atoms with Gasteiger partial charge in [0.05, 0.1) is 16.9 Å². The molecule has 0 saturated carbocycles. The van der Waals surface area contributed by atoms with Crippen molar-refractivity contribution in [2.75, 3.05) is 4.90 Å². The van der Waals surface area contributed by atoms with Crippen LogP contribution in [0.3, 0.4) is 0 Å². The van der Waals surface area contributed by atoms with E-state index in [1.807, 2.05) is 6.08 Å². The summed E-state index contributed by atoms with van der Waals surface area (Å²) in [6.07, 6.45) is 9.56. The van der Waals surface area contributed by atoms with Gasteiger partial charge in [-0.1, -0.05) is 162 Å². The van der Waals surface area contributed by atoms with Gasteiger partial charge in [0.25, 0.3) is 0 Å². The summed E-state index contributed by atoms with van der Waals surface area (Å²) in [6.45, 7) is 11.2. The van der Waals surface area contributed by atoms with Gasteiger partial charge in [0.1, 0.15) is 0 Å². The summed E-state index contributed by atoms with van der Waals surface area (Å²) >= 11 is 0. The highest BCUT2D eigenvalue weighted by molar-refractivity contribution is 6.18. The lowest BCUT2D eigenvalue weighted by Gasteiger charge is -2.34. The third-order valence-electron chi connectivity index (χ3n) is 13.5. The maximum absolute atomic E-state index is 4.23. The van der Waals surface area contributed by atoms with E-state index in [1.165, 1.54) is 99.6 Å². The van der Waals surface area contributed by atoms with Gasteiger partial charge in [0.15, 0.2) is 0 Å². The van der Waals surface area contributed by atoms with Crippen molar-refractivity contribution in [2.24, 2.45) is 7.05 Å². The number of nitrogens with zero attached hydrogens (tertiary/aromatic N) is 2. The van der Waals surface area contributed by atoms with Gasteiger partial charge in [-0.3, -0.25) is 0 Å². The van der Waals surface area contributed by atoms with E-state index in [-0.39, 0.29) is 5.41 Å². The Balaban J connectivity index is 1.24. The lowest BCUT2D eigenvalue weighted by atomic mass is 9.71. The van der Waals surface area contributed by atoms with Crippen LogP contribution in [0, 0.1) is 0 Å². The minimum absolute atomic E-state index is 0.162. The van der Waals surface area contributed by atoms with Crippen molar-refractivity contribution in [1.82, 2.24) is 4.57 Å². The minimum Gasteiger partial charge on any atom is -0.344 e. The third-order valence-corrected chi connectivity index (χ3v) is 13.5. The molecular formula is C60H54N2. The van der Waals surface area contributed by atoms with Crippen LogP contribution in [0.15, 0.2) is 189 Å². The second-order valence-electron chi connectivity index (χ2n) is 17.1. The topological polar surface area (TPSA) is 8.17 Å². The van der Waals surface area contributed by atoms with Crippen molar-refractivity contribution in [3.05, 3.63) is 205 Å². The summed E-state index contributed by atoms with van der Waals surface area (Å²) < 4.78 is 2.34. The van der Waals surface area contributed by atoms with Gasteiger partial charge in [-0.25, -0.2) is 0 Å². The molecule has 8 aromatic carbocycles. The number of para-hydroxylation sites is 2. The number of anilines is 3. The summed E-state index contributed by atoms with van der Waals surface area (Å²) in [4.78, 5) is 2.55. The van der Waals surface area contributed by atoms with Gasteiger partial charge in [-0.2, -0.15) is 0 Å². The molecule has 1 aromatic heterocycles. The Morgan fingerprint density at radius 1 is 0.565 bits per heavy atom. The molecule has 304 valence electrons. The molecule has 0 spiro atoms. The predicted octanol–water partition coefficient (Wildman–Crippen LogP) is 17.1. The molecule has 1 aliphatic rings. The van der Waals surface area contributed by atoms with E-state index in [2.05, 4.69) is 220 Å². The zero-order chi connectivity index (χ0) is 42.4. The van der Waals surface area contributed by atoms with Gasteiger partial charge < -0.3 is 9.47 Å². The number of benzene rings is 8. The largest absolute Gasteiger partial charge is 0.344 e. The Kier molecular flexibility index (Phi) is 10.2. The standard InChI is InChI=1S/C60H54N2/c1-6-21-41(9-4)44-36-45(42-22-12-10-13-23-42)38-46(37-44)43-32-33-50-52(39-43)60(34-7-2,35-8-3)53-40-57(48-26-16-17-27-49(48)58(50)53)62(47-24-14-11-15-25-47)56-31-20-30-55-59(56)51-28-18-19-29-54(51)61(55)5/h9-33,36-40H,4,6-8,34-35H2,1-3,5H3/b41-21+. The van der Waals surface area contributed by atoms with E-state index in [4.69, 9.17) is 0 Å². The number of aryl methyl sites for hydroxylation is 1. The van der Waals surface area contributed by atoms with Crippen LogP contribution >= 0.6 is 0 Å². The SMILES string of the molecule is C=C/C(=C\CC)c1cc(-c2ccccc2)cc(-c2ccc3c(c2)C(CCC)(CCC)c2cc(N(c4ccccc4)c4cccc5c4c4ccccc4n5C)c4ccccc4c2-3)c1. The predicted molar refractivity (Wildman–Crippen MR) is 268 cm³/mol. The monoisotopic (exact) mass is 802 g/mol. The van der Waals surface area contributed by atoms with E-state index in [1.54, 1.807) is 0 Å². The number of aromatic nitrogens is 1. The van der Waals surface area contributed by atoms with Crippen LogP contribution in [0.4, 0.5) is 17.1 Å². The molecule has 0 N–H and O–H groups in total. The van der Waals surface area contributed by atoms with Gasteiger partial charge in [-0.05, 0) is 141 Å². The molecule has 0 unspecified atom stereocenters. The minimum atomic E-state index is -0.162. The summed E-state index contributed by atoms with van der Waals surface area (Å²) in [5.74, 6) is 0. The van der Waals surface area contributed by atoms with Gasteiger partial charge in [0.2, 0.25) is 0 Å². The van der Waals surface area contributed by atoms with Crippen molar-refractivity contribution in [3.8, 4) is 33.4 Å². The van der Waals surface area contributed by atoms with Gasteiger partial charge in [-0.15, -0.1) is 0 Å². The number of hydrogen-bond donors (Lipinski definition) is 0. The summed E-state index contributed by atoms with van der Waals surface area (Å²) in [5.41, 5.74) is 18.8. The first-order chi connectivity index (χ1) is 30.5. The van der Waals surface area contributed by atoms with Gasteiger partial charge in [0, 0.05) is 39.8 Å². The highest BCUT2D eigenvalue weighted by Gasteiger charge is 2.44. The Hall–Kier alpha value is -6.90. The average Bonchev–Trinajstić information content (AvgIpc) is 3.77. The normalized spacial score (nSPS) is 13.1. The number of hydrogen-bond acceptors (Lipinski definition) is 1. The summed E-state index contributed by atoms with van der Waals surface area (Å²) in [5, 5.41) is 5.10. The van der Waals surface area contributed by atoms with Crippen LogP contribution in [0.5, 0.6) is 0 Å². The van der Waals surface area contributed by atoms with Crippen LogP contribution in [-0.4, -0.2) is 4.57 Å². The molecule has 62 heavy (non-hydrogen) atoms. The van der Waals surface area contributed by atoms with Crippen LogP contribution in [0.1, 0.15) is 69.6 Å². The zero-order valence-corrected chi connectivity index (χ0v) is 36.5. The first-order valence-electron chi connectivity index (χ1n) is 22.6. The fraction of sp³-hybridized carbons (Fsp3) is 0.167. The molecule has 0 amide bonds. The third kappa shape index (κ3) is 6.31. The number of fused-ring (bicyclic) bond motifs is 8. The second-order valence-corrected chi connectivity index (χ2v) is 17.1. The molecule has 0 saturated heterocycles. The first kappa shape index (κ1) is 39.2. The Bertz CT molecular complexity index is 3160. The molecule has 2 heteroatoms. The Morgan fingerprint density at radius 3 is 1.92 bits per heavy atom. The van der Waals surface area contributed by atoms with Crippen molar-refractivity contribution < 1.29 is 0 Å². The Morgan fingerprint density at radius 2 is 1.21 bits per heavy atom. The molecule has 0 aliphatic heterocycles. The Labute approximate surface area is 367 Å². The van der Waals surface area contributed by atoms with Gasteiger partial charge >= 0.3 is 0 Å². The van der Waals surface area contributed by atoms with Crippen LogP contribution in [0.2, 0.25) is 0 Å². The molecule has 0 atom stereocenters. The zero-order valence-electron chi connectivity index (χ0n) is 36.5. The molecule has 1 aliphatic carbocycles. The van der Waals surface area contributed by atoms with Crippen molar-refractivity contribution in [1.29, 1.82) is 0 Å². The number of allylic oxidation sites excluding steroid dienone is 3. The molecule has 2 nitrogen and oxygen atoms in total. The van der Waals surface area contributed by atoms with Crippen molar-refractivity contribution in [3.63, 3.8) is 0 Å². The lowest BCUT2D eigenvalue weighted by molar-refractivity contribution is 0.436. The highest BCUT2D eigenvalue weighted by Crippen LogP contribution is 2.59. The van der Waals surface area contributed by atoms with E-state index in [0.717, 1.165) is 37.8 Å². The van der Waals surface area contributed by atoms with Crippen LogP contribution < -0.4 is 4.90 Å². The maximum Gasteiger partial charge on any atom is 0.0562 e. The van der Waals surface area contributed by atoms with E-state index in [9.17, 15) is 0 Å². The number of rotatable bonds is 12. The fourth-order valence-electron chi connectivity index (χ4n) is 10.9. The van der Waals surface area contributed by atoms with Crippen LogP contribution in [0.25, 0.3) is 71.5 Å². The molecule has 9 aromatic rings. The second kappa shape index (κ2) is 16.2. The summed E-state index contributed by atoms with van der Waals surface area (Å²) in [7, 11) is 2.19. The smallest absolute Gasteiger partial charge is 0.0562 e. The van der Waals surface area contributed by atoms with Crippen molar-refractivity contribution >= 4 is 55.2 Å². The first-order valence-corrected chi connectivity index (χ1v) is 22.6. The molecule has 1 heterocycles.